The lowest BCUT2D eigenvalue weighted by Crippen LogP contribution is -2.63. The van der Waals surface area contributed by atoms with Crippen LogP contribution in [0.2, 0.25) is 5.02 Å². The zero-order valence-corrected chi connectivity index (χ0v) is 12.8. The molecule has 1 aromatic carbocycles. The Balaban J connectivity index is 1.90. The molecule has 1 heterocycles. The van der Waals surface area contributed by atoms with Gasteiger partial charge < -0.3 is 10.2 Å². The molecule has 0 amide bonds. The fourth-order valence-electron chi connectivity index (χ4n) is 3.22. The minimum absolute atomic E-state index is 0.250. The van der Waals surface area contributed by atoms with Crippen LogP contribution in [-0.4, -0.2) is 24.7 Å². The van der Waals surface area contributed by atoms with E-state index in [0.717, 1.165) is 24.0 Å². The highest BCUT2D eigenvalue weighted by atomic mass is 35.5. The van der Waals surface area contributed by atoms with E-state index in [-0.39, 0.29) is 5.54 Å². The summed E-state index contributed by atoms with van der Waals surface area (Å²) in [5, 5.41) is 4.63. The lowest BCUT2D eigenvalue weighted by Gasteiger charge is -2.47. The van der Waals surface area contributed by atoms with Gasteiger partial charge in [-0.1, -0.05) is 17.7 Å². The summed E-state index contributed by atoms with van der Waals surface area (Å²) in [4.78, 5) is 2.49. The molecule has 1 aliphatic carbocycles. The van der Waals surface area contributed by atoms with E-state index in [0.29, 0.717) is 6.04 Å². The van der Waals surface area contributed by atoms with Gasteiger partial charge in [0, 0.05) is 24.7 Å². The van der Waals surface area contributed by atoms with Crippen molar-refractivity contribution >= 4 is 17.3 Å². The van der Waals surface area contributed by atoms with E-state index in [1.165, 1.54) is 24.1 Å². The lowest BCUT2D eigenvalue weighted by atomic mass is 9.90. The Labute approximate surface area is 121 Å². The molecule has 0 radical (unpaired) electrons. The molecule has 3 rings (SSSR count). The molecule has 0 spiro atoms. The number of nitrogens with one attached hydrogen (secondary N) is 1. The highest BCUT2D eigenvalue weighted by Gasteiger charge is 2.45. The first-order valence-corrected chi connectivity index (χ1v) is 7.65. The maximum absolute atomic E-state index is 6.42. The minimum atomic E-state index is 0.250. The Morgan fingerprint density at radius 3 is 2.79 bits per heavy atom. The SMILES string of the molecule is Cc1ccc(Cl)c(N2CC(C)(C3CC3)NCC2C)c1. The molecule has 1 saturated heterocycles. The number of hydrogen-bond donors (Lipinski definition) is 1. The summed E-state index contributed by atoms with van der Waals surface area (Å²) in [5.74, 6) is 0.839. The second kappa shape index (κ2) is 4.68. The smallest absolute Gasteiger partial charge is 0.0639 e. The summed E-state index contributed by atoms with van der Waals surface area (Å²) in [7, 11) is 0. The predicted octanol–water partition coefficient (Wildman–Crippen LogP) is 3.62. The van der Waals surface area contributed by atoms with E-state index in [2.05, 4.69) is 43.1 Å². The molecule has 0 bridgehead atoms. The van der Waals surface area contributed by atoms with Gasteiger partial charge in [0.2, 0.25) is 0 Å². The van der Waals surface area contributed by atoms with Crippen LogP contribution in [0.15, 0.2) is 18.2 Å². The van der Waals surface area contributed by atoms with Crippen LogP contribution in [0.4, 0.5) is 5.69 Å². The summed E-state index contributed by atoms with van der Waals surface area (Å²) in [6.45, 7) is 8.87. The molecule has 1 aliphatic heterocycles. The van der Waals surface area contributed by atoms with Crippen LogP contribution in [0.25, 0.3) is 0 Å². The molecule has 3 heteroatoms. The van der Waals surface area contributed by atoms with Gasteiger partial charge >= 0.3 is 0 Å². The second-order valence-corrected chi connectivity index (χ2v) is 6.91. The molecule has 2 nitrogen and oxygen atoms in total. The maximum atomic E-state index is 6.42. The fourth-order valence-corrected chi connectivity index (χ4v) is 3.44. The fraction of sp³-hybridized carbons (Fsp3) is 0.625. The molecule has 19 heavy (non-hydrogen) atoms. The van der Waals surface area contributed by atoms with Crippen molar-refractivity contribution in [3.8, 4) is 0 Å². The first kappa shape index (κ1) is 13.3. The van der Waals surface area contributed by atoms with Gasteiger partial charge in [0.1, 0.15) is 0 Å². The molecule has 2 unspecified atom stereocenters. The van der Waals surface area contributed by atoms with Crippen molar-refractivity contribution in [3.63, 3.8) is 0 Å². The van der Waals surface area contributed by atoms with Crippen molar-refractivity contribution in [2.24, 2.45) is 5.92 Å². The highest BCUT2D eigenvalue weighted by molar-refractivity contribution is 6.33. The van der Waals surface area contributed by atoms with E-state index in [9.17, 15) is 0 Å². The Hall–Kier alpha value is -0.730. The van der Waals surface area contributed by atoms with Gasteiger partial charge in [-0.15, -0.1) is 0 Å². The van der Waals surface area contributed by atoms with Gasteiger partial charge in [-0.25, -0.2) is 0 Å². The van der Waals surface area contributed by atoms with Crippen LogP contribution in [-0.2, 0) is 0 Å². The van der Waals surface area contributed by atoms with E-state index in [4.69, 9.17) is 11.6 Å². The first-order valence-electron chi connectivity index (χ1n) is 7.27. The van der Waals surface area contributed by atoms with Gasteiger partial charge in [0.15, 0.2) is 0 Å². The third kappa shape index (κ3) is 2.48. The van der Waals surface area contributed by atoms with Gasteiger partial charge in [-0.2, -0.15) is 0 Å². The van der Waals surface area contributed by atoms with Gasteiger partial charge in [0.05, 0.1) is 10.7 Å². The van der Waals surface area contributed by atoms with Gasteiger partial charge in [0.25, 0.3) is 0 Å². The van der Waals surface area contributed by atoms with Crippen molar-refractivity contribution in [1.82, 2.24) is 5.32 Å². The Morgan fingerprint density at radius 1 is 1.37 bits per heavy atom. The number of benzene rings is 1. The topological polar surface area (TPSA) is 15.3 Å². The van der Waals surface area contributed by atoms with E-state index in [1.807, 2.05) is 6.07 Å². The molecule has 1 aromatic rings. The van der Waals surface area contributed by atoms with Crippen molar-refractivity contribution in [2.45, 2.75) is 45.2 Å². The maximum Gasteiger partial charge on any atom is 0.0639 e. The van der Waals surface area contributed by atoms with Crippen molar-refractivity contribution in [2.75, 3.05) is 18.0 Å². The summed E-state index contributed by atoms with van der Waals surface area (Å²) >= 11 is 6.42. The van der Waals surface area contributed by atoms with Crippen LogP contribution >= 0.6 is 11.6 Å². The van der Waals surface area contributed by atoms with Crippen LogP contribution < -0.4 is 10.2 Å². The number of halogens is 1. The number of anilines is 1. The normalized spacial score (nSPS) is 31.6. The van der Waals surface area contributed by atoms with Crippen molar-refractivity contribution in [3.05, 3.63) is 28.8 Å². The van der Waals surface area contributed by atoms with Crippen LogP contribution in [0.1, 0.15) is 32.3 Å². The third-order valence-electron chi connectivity index (χ3n) is 4.72. The Kier molecular flexibility index (Phi) is 3.26. The van der Waals surface area contributed by atoms with Gasteiger partial charge in [-0.05, 0) is 57.2 Å². The molecule has 1 N–H and O–H groups in total. The quantitative estimate of drug-likeness (QED) is 0.889. The molecule has 0 aromatic heterocycles. The average molecular weight is 279 g/mol. The first-order chi connectivity index (χ1) is 8.99. The molecule has 1 saturated carbocycles. The average Bonchev–Trinajstić information content (AvgIpc) is 3.20. The van der Waals surface area contributed by atoms with Crippen LogP contribution in [0.5, 0.6) is 0 Å². The molecular formula is C16H23ClN2. The Bertz CT molecular complexity index is 484. The zero-order chi connectivity index (χ0) is 13.6. The van der Waals surface area contributed by atoms with E-state index >= 15 is 0 Å². The molecule has 2 atom stereocenters. The van der Waals surface area contributed by atoms with Crippen molar-refractivity contribution in [1.29, 1.82) is 0 Å². The number of aryl methyl sites for hydroxylation is 1. The van der Waals surface area contributed by atoms with E-state index < -0.39 is 0 Å². The van der Waals surface area contributed by atoms with E-state index in [1.54, 1.807) is 0 Å². The second-order valence-electron chi connectivity index (χ2n) is 6.50. The zero-order valence-electron chi connectivity index (χ0n) is 12.0. The van der Waals surface area contributed by atoms with Crippen LogP contribution in [0, 0.1) is 12.8 Å². The molecule has 104 valence electrons. The van der Waals surface area contributed by atoms with Crippen molar-refractivity contribution < 1.29 is 0 Å². The lowest BCUT2D eigenvalue weighted by molar-refractivity contribution is 0.261. The summed E-state index contributed by atoms with van der Waals surface area (Å²) in [5.41, 5.74) is 2.72. The van der Waals surface area contributed by atoms with Crippen LogP contribution in [0.3, 0.4) is 0 Å². The standard InChI is InChI=1S/C16H23ClN2/c1-11-4-7-14(17)15(8-11)19-10-16(3,13-5-6-13)18-9-12(19)2/h4,7-8,12-13,18H,5-6,9-10H2,1-3H3. The highest BCUT2D eigenvalue weighted by Crippen LogP contribution is 2.42. The number of nitrogens with zero attached hydrogens (tertiary/aromatic N) is 1. The number of piperazine rings is 1. The minimum Gasteiger partial charge on any atom is -0.364 e. The molecular weight excluding hydrogens is 256 g/mol. The van der Waals surface area contributed by atoms with Gasteiger partial charge in [-0.3, -0.25) is 0 Å². The predicted molar refractivity (Wildman–Crippen MR) is 82.1 cm³/mol. The largest absolute Gasteiger partial charge is 0.364 e. The molecule has 2 aliphatic rings. The Morgan fingerprint density at radius 2 is 2.11 bits per heavy atom. The monoisotopic (exact) mass is 278 g/mol. The summed E-state index contributed by atoms with van der Waals surface area (Å²) < 4.78 is 0. The summed E-state index contributed by atoms with van der Waals surface area (Å²) in [6, 6.07) is 6.82. The summed E-state index contributed by atoms with van der Waals surface area (Å²) in [6.07, 6.45) is 2.74. The third-order valence-corrected chi connectivity index (χ3v) is 5.04. The number of hydrogen-bond acceptors (Lipinski definition) is 2. The number of rotatable bonds is 2. The molecule has 2 fully saturated rings.